The predicted octanol–water partition coefficient (Wildman–Crippen LogP) is 1.90. The number of benzene rings is 2. The molecule has 126 valence electrons. The molecule has 5 nitrogen and oxygen atoms in total. The molecule has 0 bridgehead atoms. The lowest BCUT2D eigenvalue weighted by atomic mass is 10.0. The van der Waals surface area contributed by atoms with Crippen molar-refractivity contribution in [2.45, 2.75) is 25.9 Å². The van der Waals surface area contributed by atoms with Crippen LogP contribution in [0.25, 0.3) is 0 Å². The van der Waals surface area contributed by atoms with E-state index in [0.29, 0.717) is 6.54 Å². The van der Waals surface area contributed by atoms with Crippen molar-refractivity contribution in [3.63, 3.8) is 0 Å². The van der Waals surface area contributed by atoms with E-state index in [1.165, 1.54) is 0 Å². The highest BCUT2D eigenvalue weighted by molar-refractivity contribution is 5.96. The van der Waals surface area contributed by atoms with Crippen molar-refractivity contribution in [2.75, 3.05) is 6.54 Å². The van der Waals surface area contributed by atoms with Crippen molar-refractivity contribution in [1.29, 1.82) is 0 Å². The van der Waals surface area contributed by atoms with E-state index < -0.39 is 12.1 Å². The molecule has 0 unspecified atom stereocenters. The Labute approximate surface area is 142 Å². The summed E-state index contributed by atoms with van der Waals surface area (Å²) in [5.74, 6) is -0.324. The Morgan fingerprint density at radius 3 is 2.04 bits per heavy atom. The van der Waals surface area contributed by atoms with E-state index in [1.54, 1.807) is 0 Å². The molecule has 2 rings (SSSR count). The third-order valence-corrected chi connectivity index (χ3v) is 3.82. The van der Waals surface area contributed by atoms with E-state index in [1.807, 2.05) is 79.8 Å². The standard InChI is InChI=1S/C19H23N3O2/c1-3-20-19(24)22-18(23)17(16-12-8-5-9-13-16)21-14(2)15-10-6-4-7-11-15/h4-14,17,21H,3H2,1-2H3,(H2,20,22,23,24)/p+1/t14-,17+/m1/s1. The normalized spacial score (nSPS) is 12.9. The summed E-state index contributed by atoms with van der Waals surface area (Å²) in [5, 5.41) is 6.97. The van der Waals surface area contributed by atoms with Gasteiger partial charge in [0.25, 0.3) is 5.91 Å². The molecule has 2 aromatic rings. The Morgan fingerprint density at radius 1 is 0.958 bits per heavy atom. The van der Waals surface area contributed by atoms with Gasteiger partial charge in [-0.2, -0.15) is 0 Å². The van der Waals surface area contributed by atoms with Gasteiger partial charge in [-0.3, -0.25) is 10.1 Å². The van der Waals surface area contributed by atoms with Gasteiger partial charge in [-0.1, -0.05) is 60.7 Å². The van der Waals surface area contributed by atoms with Gasteiger partial charge >= 0.3 is 6.03 Å². The number of imide groups is 1. The van der Waals surface area contributed by atoms with Crippen LogP contribution in [0.4, 0.5) is 4.79 Å². The van der Waals surface area contributed by atoms with Crippen molar-refractivity contribution in [3.8, 4) is 0 Å². The van der Waals surface area contributed by atoms with Crippen LogP contribution in [-0.4, -0.2) is 18.5 Å². The Morgan fingerprint density at radius 2 is 1.50 bits per heavy atom. The number of rotatable bonds is 6. The molecule has 2 aromatic carbocycles. The quantitative estimate of drug-likeness (QED) is 0.758. The van der Waals surface area contributed by atoms with Crippen molar-refractivity contribution >= 4 is 11.9 Å². The molecular formula is C19H24N3O2+. The molecule has 4 N–H and O–H groups in total. The summed E-state index contributed by atoms with van der Waals surface area (Å²) >= 11 is 0. The SMILES string of the molecule is CCNC(=O)NC(=O)[C@@H]([NH2+][C@H](C)c1ccccc1)c1ccccc1. The van der Waals surface area contributed by atoms with Crippen molar-refractivity contribution in [2.24, 2.45) is 0 Å². The fourth-order valence-electron chi connectivity index (χ4n) is 2.56. The van der Waals surface area contributed by atoms with Crippen LogP contribution in [0.15, 0.2) is 60.7 Å². The Balaban J connectivity index is 2.17. The molecule has 0 saturated carbocycles. The molecule has 0 aliphatic rings. The Hall–Kier alpha value is -2.66. The number of nitrogens with one attached hydrogen (secondary N) is 2. The first-order valence-electron chi connectivity index (χ1n) is 8.15. The van der Waals surface area contributed by atoms with Crippen LogP contribution < -0.4 is 16.0 Å². The molecule has 0 aliphatic carbocycles. The number of urea groups is 1. The summed E-state index contributed by atoms with van der Waals surface area (Å²) in [6.45, 7) is 4.33. The lowest BCUT2D eigenvalue weighted by molar-refractivity contribution is -0.719. The van der Waals surface area contributed by atoms with Gasteiger partial charge in [0, 0.05) is 17.7 Å². The summed E-state index contributed by atoms with van der Waals surface area (Å²) in [6, 6.07) is 18.6. The zero-order valence-electron chi connectivity index (χ0n) is 14.0. The zero-order chi connectivity index (χ0) is 17.4. The summed E-state index contributed by atoms with van der Waals surface area (Å²) in [6.07, 6.45) is 0. The summed E-state index contributed by atoms with van der Waals surface area (Å²) in [5.41, 5.74) is 1.99. The van der Waals surface area contributed by atoms with Gasteiger partial charge in [-0.25, -0.2) is 4.79 Å². The first kappa shape index (κ1) is 17.7. The van der Waals surface area contributed by atoms with Crippen LogP contribution in [0.3, 0.4) is 0 Å². The first-order valence-corrected chi connectivity index (χ1v) is 8.15. The maximum atomic E-state index is 12.6. The van der Waals surface area contributed by atoms with E-state index in [0.717, 1.165) is 11.1 Å². The lowest BCUT2D eigenvalue weighted by Gasteiger charge is -2.20. The summed E-state index contributed by atoms with van der Waals surface area (Å²) in [7, 11) is 0. The molecule has 0 radical (unpaired) electrons. The molecule has 2 atom stereocenters. The highest BCUT2D eigenvalue weighted by Gasteiger charge is 2.28. The molecule has 0 fully saturated rings. The Kier molecular flexibility index (Phi) is 6.51. The second-order valence-electron chi connectivity index (χ2n) is 5.63. The van der Waals surface area contributed by atoms with E-state index in [4.69, 9.17) is 0 Å². The predicted molar refractivity (Wildman–Crippen MR) is 93.2 cm³/mol. The monoisotopic (exact) mass is 326 g/mol. The van der Waals surface area contributed by atoms with Crippen LogP contribution >= 0.6 is 0 Å². The molecule has 0 spiro atoms. The molecule has 5 heteroatoms. The summed E-state index contributed by atoms with van der Waals surface area (Å²) < 4.78 is 0. The number of hydrogen-bond acceptors (Lipinski definition) is 2. The highest BCUT2D eigenvalue weighted by atomic mass is 16.2. The topological polar surface area (TPSA) is 74.8 Å². The largest absolute Gasteiger partial charge is 0.338 e. The average molecular weight is 326 g/mol. The van der Waals surface area contributed by atoms with Crippen molar-refractivity contribution in [1.82, 2.24) is 10.6 Å². The van der Waals surface area contributed by atoms with Gasteiger partial charge in [0.15, 0.2) is 6.04 Å². The second-order valence-corrected chi connectivity index (χ2v) is 5.63. The van der Waals surface area contributed by atoms with Crippen LogP contribution in [0.2, 0.25) is 0 Å². The van der Waals surface area contributed by atoms with Gasteiger partial charge in [0.2, 0.25) is 0 Å². The third-order valence-electron chi connectivity index (χ3n) is 3.82. The number of amides is 3. The molecule has 0 heterocycles. The maximum absolute atomic E-state index is 12.6. The lowest BCUT2D eigenvalue weighted by Crippen LogP contribution is -2.88. The van der Waals surface area contributed by atoms with Gasteiger partial charge in [-0.05, 0) is 13.8 Å². The van der Waals surface area contributed by atoms with Gasteiger partial charge in [0.1, 0.15) is 6.04 Å². The van der Waals surface area contributed by atoms with E-state index in [2.05, 4.69) is 10.6 Å². The number of carbonyl (C=O) groups is 2. The van der Waals surface area contributed by atoms with Gasteiger partial charge in [-0.15, -0.1) is 0 Å². The minimum atomic E-state index is -0.496. The molecule has 3 amide bonds. The first-order chi connectivity index (χ1) is 11.6. The van der Waals surface area contributed by atoms with Crippen LogP contribution in [0.1, 0.15) is 37.1 Å². The van der Waals surface area contributed by atoms with Gasteiger partial charge < -0.3 is 10.6 Å². The average Bonchev–Trinajstić information content (AvgIpc) is 2.61. The third kappa shape index (κ3) is 4.93. The van der Waals surface area contributed by atoms with Crippen molar-refractivity contribution in [3.05, 3.63) is 71.8 Å². The van der Waals surface area contributed by atoms with Crippen LogP contribution in [-0.2, 0) is 4.79 Å². The van der Waals surface area contributed by atoms with Crippen LogP contribution in [0.5, 0.6) is 0 Å². The minimum absolute atomic E-state index is 0.0800. The maximum Gasteiger partial charge on any atom is 0.321 e. The fraction of sp³-hybridized carbons (Fsp3) is 0.263. The molecular weight excluding hydrogens is 302 g/mol. The zero-order valence-corrected chi connectivity index (χ0v) is 14.0. The van der Waals surface area contributed by atoms with Crippen LogP contribution in [0, 0.1) is 0 Å². The molecule has 0 aromatic heterocycles. The molecule has 0 aliphatic heterocycles. The van der Waals surface area contributed by atoms with E-state index in [-0.39, 0.29) is 11.9 Å². The minimum Gasteiger partial charge on any atom is -0.338 e. The smallest absolute Gasteiger partial charge is 0.321 e. The highest BCUT2D eigenvalue weighted by Crippen LogP contribution is 2.13. The number of hydrogen-bond donors (Lipinski definition) is 3. The van der Waals surface area contributed by atoms with E-state index >= 15 is 0 Å². The number of quaternary nitrogens is 1. The molecule has 24 heavy (non-hydrogen) atoms. The Bertz CT molecular complexity index is 659. The fourth-order valence-corrected chi connectivity index (χ4v) is 2.56. The molecule has 0 saturated heterocycles. The summed E-state index contributed by atoms with van der Waals surface area (Å²) in [4.78, 5) is 24.3. The number of nitrogens with two attached hydrogens (primary N) is 1. The van der Waals surface area contributed by atoms with Gasteiger partial charge in [0.05, 0.1) is 0 Å². The number of carbonyl (C=O) groups excluding carboxylic acids is 2. The second kappa shape index (κ2) is 8.84. The van der Waals surface area contributed by atoms with E-state index in [9.17, 15) is 9.59 Å². The van der Waals surface area contributed by atoms with Crippen molar-refractivity contribution < 1.29 is 14.9 Å².